The fourth-order valence-electron chi connectivity index (χ4n) is 3.71. The van der Waals surface area contributed by atoms with Gasteiger partial charge in [0.2, 0.25) is 0 Å². The highest BCUT2D eigenvalue weighted by molar-refractivity contribution is 7.90. The number of likely N-dealkylation sites (tertiary alicyclic amines) is 1. The summed E-state index contributed by atoms with van der Waals surface area (Å²) >= 11 is 0. The first-order valence-electron chi connectivity index (χ1n) is 8.51. The van der Waals surface area contributed by atoms with Crippen LogP contribution in [0.15, 0.2) is 29.2 Å². The van der Waals surface area contributed by atoms with Gasteiger partial charge in [-0.15, -0.1) is 0 Å². The van der Waals surface area contributed by atoms with E-state index in [1.54, 1.807) is 6.07 Å². The van der Waals surface area contributed by atoms with E-state index in [-0.39, 0.29) is 20.8 Å². The highest BCUT2D eigenvalue weighted by Crippen LogP contribution is 2.31. The molecule has 0 radical (unpaired) electrons. The van der Waals surface area contributed by atoms with Crippen LogP contribution >= 0.6 is 0 Å². The third kappa shape index (κ3) is 2.80. The molecule has 2 heterocycles. The third-order valence-corrected chi connectivity index (χ3v) is 7.27. The topological polar surface area (TPSA) is 109 Å². The van der Waals surface area contributed by atoms with Crippen molar-refractivity contribution in [3.8, 4) is 0 Å². The van der Waals surface area contributed by atoms with Crippen molar-refractivity contribution in [2.24, 2.45) is 5.92 Å². The zero-order chi connectivity index (χ0) is 19.1. The molecule has 2 amide bonds. The second kappa shape index (κ2) is 6.48. The fourth-order valence-corrected chi connectivity index (χ4v) is 5.23. The molecule has 1 aromatic rings. The Morgan fingerprint density at radius 1 is 1.23 bits per heavy atom. The van der Waals surface area contributed by atoms with E-state index in [9.17, 15) is 22.8 Å². The Balaban J connectivity index is 1.82. The van der Waals surface area contributed by atoms with Crippen LogP contribution in [0.5, 0.6) is 0 Å². The van der Waals surface area contributed by atoms with Gasteiger partial charge in [0.05, 0.1) is 31.1 Å². The molecule has 0 aromatic heterocycles. The van der Waals surface area contributed by atoms with Crippen LogP contribution in [-0.4, -0.2) is 66.3 Å². The van der Waals surface area contributed by atoms with Gasteiger partial charge in [0.15, 0.2) is 6.54 Å². The van der Waals surface area contributed by atoms with E-state index < -0.39 is 34.4 Å². The lowest BCUT2D eigenvalue weighted by Gasteiger charge is -2.40. The summed E-state index contributed by atoms with van der Waals surface area (Å²) in [6.07, 6.45) is 0.714. The molecular formula is C17H21N2O6S+. The molecule has 9 heteroatoms. The number of carboxylic acids is 1. The minimum Gasteiger partial charge on any atom is -0.481 e. The van der Waals surface area contributed by atoms with Crippen molar-refractivity contribution in [2.75, 3.05) is 26.2 Å². The van der Waals surface area contributed by atoms with Gasteiger partial charge in [-0.3, -0.25) is 14.1 Å². The average Bonchev–Trinajstić information content (AvgIpc) is 2.82. The van der Waals surface area contributed by atoms with Crippen molar-refractivity contribution in [2.45, 2.75) is 24.7 Å². The number of carbonyl (C=O) groups is 3. The largest absolute Gasteiger partial charge is 0.481 e. The van der Waals surface area contributed by atoms with E-state index in [0.29, 0.717) is 36.8 Å². The van der Waals surface area contributed by atoms with Crippen LogP contribution in [0.2, 0.25) is 0 Å². The lowest BCUT2D eigenvalue weighted by molar-refractivity contribution is -0.858. The second-order valence-electron chi connectivity index (χ2n) is 6.73. The number of rotatable bonds is 4. The maximum absolute atomic E-state index is 12.9. The number of aliphatic carboxylic acids is 1. The normalized spacial score (nSPS) is 27.2. The molecular weight excluding hydrogens is 360 g/mol. The summed E-state index contributed by atoms with van der Waals surface area (Å²) in [5.74, 6) is -2.43. The predicted molar refractivity (Wildman–Crippen MR) is 90.6 cm³/mol. The number of piperidine rings is 1. The fraction of sp³-hybridized carbons (Fsp3) is 0.471. The summed E-state index contributed by atoms with van der Waals surface area (Å²) in [6, 6.07) is 5.90. The highest BCUT2D eigenvalue weighted by atomic mass is 32.2. The van der Waals surface area contributed by atoms with Gasteiger partial charge in [-0.2, -0.15) is 0 Å². The lowest BCUT2D eigenvalue weighted by atomic mass is 9.94. The molecule has 3 rings (SSSR count). The quantitative estimate of drug-likeness (QED) is 0.769. The summed E-state index contributed by atoms with van der Waals surface area (Å²) in [5, 5.41) is 9.13. The van der Waals surface area contributed by atoms with Gasteiger partial charge < -0.3 is 5.11 Å². The summed E-state index contributed by atoms with van der Waals surface area (Å²) < 4.78 is 25.9. The molecule has 2 aliphatic rings. The van der Waals surface area contributed by atoms with Crippen LogP contribution in [0.25, 0.3) is 0 Å². The minimum atomic E-state index is -4.03. The van der Waals surface area contributed by atoms with Crippen molar-refractivity contribution in [3.05, 3.63) is 29.8 Å². The number of fused-ring (bicyclic) bond motifs is 1. The minimum absolute atomic E-state index is 0.000570. The number of benzene rings is 1. The van der Waals surface area contributed by atoms with Gasteiger partial charge in [0.1, 0.15) is 4.90 Å². The molecule has 0 unspecified atom stereocenters. The molecule has 0 aliphatic carbocycles. The van der Waals surface area contributed by atoms with Crippen LogP contribution in [-0.2, 0) is 19.6 Å². The van der Waals surface area contributed by atoms with E-state index >= 15 is 0 Å². The Bertz CT molecular complexity index is 871. The predicted octanol–water partition coefficient (Wildman–Crippen LogP) is 0.689. The molecule has 0 saturated carbocycles. The van der Waals surface area contributed by atoms with Gasteiger partial charge in [0, 0.05) is 12.8 Å². The van der Waals surface area contributed by atoms with Crippen LogP contribution in [0.1, 0.15) is 30.1 Å². The Morgan fingerprint density at radius 3 is 2.38 bits per heavy atom. The van der Waals surface area contributed by atoms with E-state index in [0.717, 1.165) is 0 Å². The average molecular weight is 381 g/mol. The maximum Gasteiger partial charge on any atom is 0.334 e. The molecule has 26 heavy (non-hydrogen) atoms. The van der Waals surface area contributed by atoms with Crippen LogP contribution < -0.4 is 0 Å². The second-order valence-corrected chi connectivity index (χ2v) is 8.56. The van der Waals surface area contributed by atoms with Gasteiger partial charge in [-0.25, -0.2) is 17.5 Å². The Hall–Kier alpha value is -2.26. The highest BCUT2D eigenvalue weighted by Gasteiger charge is 2.47. The summed E-state index contributed by atoms with van der Waals surface area (Å²) in [7, 11) is -4.03. The van der Waals surface area contributed by atoms with E-state index in [4.69, 9.17) is 5.11 Å². The Labute approximate surface area is 151 Å². The Kier molecular flexibility index (Phi) is 4.61. The van der Waals surface area contributed by atoms with Crippen molar-refractivity contribution >= 4 is 27.8 Å². The molecule has 0 bridgehead atoms. The van der Waals surface area contributed by atoms with Crippen molar-refractivity contribution in [1.82, 2.24) is 4.31 Å². The number of carboxylic acid groups (broad SMARTS) is 1. The number of sulfonamides is 1. The smallest absolute Gasteiger partial charge is 0.334 e. The summed E-state index contributed by atoms with van der Waals surface area (Å²) in [4.78, 5) is 36.5. The van der Waals surface area contributed by atoms with Crippen molar-refractivity contribution in [1.29, 1.82) is 0 Å². The number of likely N-dealkylation sites (N-methyl/N-ethyl adjacent to an activating group) is 1. The first-order chi connectivity index (χ1) is 12.2. The molecule has 8 nitrogen and oxygen atoms in total. The molecule has 1 fully saturated rings. The molecule has 2 aliphatic heterocycles. The van der Waals surface area contributed by atoms with Crippen molar-refractivity contribution < 1.29 is 32.4 Å². The van der Waals surface area contributed by atoms with Gasteiger partial charge in [0.25, 0.3) is 15.9 Å². The first-order valence-corrected chi connectivity index (χ1v) is 9.95. The molecule has 0 spiro atoms. The van der Waals surface area contributed by atoms with Crippen LogP contribution in [0.3, 0.4) is 0 Å². The van der Waals surface area contributed by atoms with Gasteiger partial charge >= 0.3 is 11.9 Å². The number of amides is 2. The number of hydrogen-bond donors (Lipinski definition) is 1. The van der Waals surface area contributed by atoms with Crippen molar-refractivity contribution in [3.63, 3.8) is 0 Å². The lowest BCUT2D eigenvalue weighted by Crippen LogP contribution is -2.60. The third-order valence-electron chi connectivity index (χ3n) is 5.49. The zero-order valence-corrected chi connectivity index (χ0v) is 15.2. The first kappa shape index (κ1) is 18.5. The number of hydrogen-bond acceptors (Lipinski definition) is 5. The van der Waals surface area contributed by atoms with E-state index in [1.807, 2.05) is 6.92 Å². The van der Waals surface area contributed by atoms with Crippen LogP contribution in [0, 0.1) is 5.92 Å². The zero-order valence-electron chi connectivity index (χ0n) is 14.4. The van der Waals surface area contributed by atoms with Gasteiger partial charge in [-0.05, 0) is 19.1 Å². The standard InChI is InChI=1S/C17H20N2O6S/c1-2-19(9-7-12(8-10-19)17(22)23)15(20)11-18-16(21)13-5-3-4-6-14(13)26(18,24)25/h3-6,12H,2,7-11H2,1H3/p+1. The Morgan fingerprint density at radius 2 is 1.85 bits per heavy atom. The summed E-state index contributed by atoms with van der Waals surface area (Å²) in [5.41, 5.74) is 0.0768. The number of carbonyl (C=O) groups excluding carboxylic acids is 2. The van der Waals surface area contributed by atoms with E-state index in [1.165, 1.54) is 18.2 Å². The van der Waals surface area contributed by atoms with Crippen LogP contribution in [0.4, 0.5) is 0 Å². The molecule has 1 saturated heterocycles. The summed E-state index contributed by atoms with van der Waals surface area (Å²) in [6.45, 7) is 2.39. The number of nitrogens with zero attached hydrogens (tertiary/aromatic N) is 2. The SMILES string of the molecule is CC[N+]1(C(=O)CN2C(=O)c3ccccc3S2(=O)=O)CCC(C(=O)O)CC1. The number of quaternary nitrogens is 1. The maximum atomic E-state index is 12.9. The molecule has 1 aromatic carbocycles. The van der Waals surface area contributed by atoms with Gasteiger partial charge in [-0.1, -0.05) is 12.1 Å². The molecule has 0 atom stereocenters. The molecule has 140 valence electrons. The molecule has 1 N–H and O–H groups in total. The van der Waals surface area contributed by atoms with E-state index in [2.05, 4.69) is 0 Å². The monoisotopic (exact) mass is 381 g/mol.